The lowest BCUT2D eigenvalue weighted by molar-refractivity contribution is 0.0942. The number of aromatic amines is 1. The monoisotopic (exact) mass is 525 g/mol. The molecule has 1 unspecified atom stereocenters. The first-order valence-corrected chi connectivity index (χ1v) is 12.3. The van der Waals surface area contributed by atoms with Gasteiger partial charge in [-0.2, -0.15) is 0 Å². The number of amides is 1. The predicted molar refractivity (Wildman–Crippen MR) is 148 cm³/mol. The first-order valence-electron chi connectivity index (χ1n) is 11.9. The zero-order valence-electron chi connectivity index (χ0n) is 20.5. The van der Waals surface area contributed by atoms with E-state index in [1.807, 2.05) is 54.6 Å². The molecule has 5 rings (SSSR count). The third-order valence-electron chi connectivity index (χ3n) is 6.34. The van der Waals surface area contributed by atoms with Crippen molar-refractivity contribution in [1.82, 2.24) is 14.9 Å². The van der Waals surface area contributed by atoms with Crippen molar-refractivity contribution in [1.29, 1.82) is 0 Å². The fourth-order valence-electron chi connectivity index (χ4n) is 4.37. The summed E-state index contributed by atoms with van der Waals surface area (Å²) < 4.78 is 6.76. The van der Waals surface area contributed by atoms with Crippen LogP contribution < -0.4 is 21.0 Å². The lowest BCUT2D eigenvalue weighted by Crippen LogP contribution is -2.33. The van der Waals surface area contributed by atoms with Crippen LogP contribution in [0.25, 0.3) is 10.9 Å². The van der Waals surface area contributed by atoms with E-state index in [0.717, 1.165) is 11.1 Å². The van der Waals surface area contributed by atoms with Crippen LogP contribution in [0.5, 0.6) is 5.75 Å². The number of aromatic nitrogens is 2. The van der Waals surface area contributed by atoms with E-state index in [9.17, 15) is 14.4 Å². The molecule has 3 aromatic carbocycles. The SMILES string of the molecule is COc1cccc(Cn2ccc(C(=O)NC(c3ccccc3)c3c[nH]c4cc(Cl)ccc4c3=O)cc2=O)c1. The molecule has 0 aliphatic rings. The summed E-state index contributed by atoms with van der Waals surface area (Å²) in [6, 6.07) is 23.8. The molecule has 5 aromatic rings. The van der Waals surface area contributed by atoms with Crippen LogP contribution in [0.4, 0.5) is 0 Å². The quantitative estimate of drug-likeness (QED) is 0.315. The fourth-order valence-corrected chi connectivity index (χ4v) is 4.54. The molecule has 2 aromatic heterocycles. The second-order valence-corrected chi connectivity index (χ2v) is 9.25. The zero-order valence-corrected chi connectivity index (χ0v) is 21.2. The second kappa shape index (κ2) is 10.8. The Hall–Kier alpha value is -4.62. The Kier molecular flexibility index (Phi) is 7.11. The van der Waals surface area contributed by atoms with Crippen molar-refractivity contribution in [3.05, 3.63) is 145 Å². The van der Waals surface area contributed by atoms with Gasteiger partial charge < -0.3 is 19.6 Å². The summed E-state index contributed by atoms with van der Waals surface area (Å²) in [6.07, 6.45) is 3.17. The number of hydrogen-bond acceptors (Lipinski definition) is 4. The van der Waals surface area contributed by atoms with Crippen molar-refractivity contribution in [3.8, 4) is 5.75 Å². The third kappa shape index (κ3) is 5.23. The van der Waals surface area contributed by atoms with E-state index < -0.39 is 11.9 Å². The van der Waals surface area contributed by atoms with Gasteiger partial charge in [0.2, 0.25) is 0 Å². The summed E-state index contributed by atoms with van der Waals surface area (Å²) >= 11 is 6.08. The molecule has 1 amide bonds. The van der Waals surface area contributed by atoms with Crippen molar-refractivity contribution in [2.45, 2.75) is 12.6 Å². The first-order chi connectivity index (χ1) is 18.4. The fraction of sp³-hybridized carbons (Fsp3) is 0.100. The molecule has 0 aliphatic heterocycles. The molecular formula is C30H24ClN3O4. The maximum absolute atomic E-state index is 13.4. The standard InChI is InChI=1S/C30H24ClN3O4/c1-38-23-9-5-6-19(14-23)18-34-13-12-21(15-27(34)35)30(37)33-28(20-7-3-2-4-8-20)25-17-32-26-16-22(31)10-11-24(26)29(25)36/h2-17,28H,18H2,1H3,(H,32,36)(H,33,37). The van der Waals surface area contributed by atoms with E-state index in [0.29, 0.717) is 33.8 Å². The zero-order chi connectivity index (χ0) is 26.6. The maximum atomic E-state index is 13.4. The van der Waals surface area contributed by atoms with E-state index >= 15 is 0 Å². The van der Waals surface area contributed by atoms with Crippen LogP contribution >= 0.6 is 11.6 Å². The Bertz CT molecular complexity index is 1740. The molecule has 0 bridgehead atoms. The van der Waals surface area contributed by atoms with Gasteiger partial charge in [-0.15, -0.1) is 0 Å². The van der Waals surface area contributed by atoms with Gasteiger partial charge in [-0.25, -0.2) is 0 Å². The highest BCUT2D eigenvalue weighted by atomic mass is 35.5. The molecule has 0 aliphatic carbocycles. The van der Waals surface area contributed by atoms with Crippen LogP contribution in [0.1, 0.15) is 33.1 Å². The average Bonchev–Trinajstić information content (AvgIpc) is 2.93. The number of carbonyl (C=O) groups is 1. The van der Waals surface area contributed by atoms with Gasteiger partial charge in [-0.3, -0.25) is 14.4 Å². The van der Waals surface area contributed by atoms with E-state index in [1.165, 1.54) is 10.6 Å². The lowest BCUT2D eigenvalue weighted by atomic mass is 9.98. The number of fused-ring (bicyclic) bond motifs is 1. The molecule has 2 heterocycles. The summed E-state index contributed by atoms with van der Waals surface area (Å²) in [5.74, 6) is 0.227. The highest BCUT2D eigenvalue weighted by Crippen LogP contribution is 2.23. The minimum absolute atomic E-state index is 0.196. The maximum Gasteiger partial charge on any atom is 0.252 e. The number of benzene rings is 3. The average molecular weight is 526 g/mol. The molecule has 0 spiro atoms. The van der Waals surface area contributed by atoms with Gasteiger partial charge >= 0.3 is 0 Å². The molecule has 8 heteroatoms. The van der Waals surface area contributed by atoms with Crippen LogP contribution in [-0.4, -0.2) is 22.6 Å². The Morgan fingerprint density at radius 3 is 2.58 bits per heavy atom. The van der Waals surface area contributed by atoms with Crippen LogP contribution in [0.15, 0.2) is 107 Å². The van der Waals surface area contributed by atoms with Gasteiger partial charge in [0.15, 0.2) is 5.43 Å². The molecule has 7 nitrogen and oxygen atoms in total. The number of ether oxygens (including phenoxy) is 1. The Morgan fingerprint density at radius 2 is 1.82 bits per heavy atom. The molecule has 2 N–H and O–H groups in total. The number of nitrogens with zero attached hydrogens (tertiary/aromatic N) is 1. The van der Waals surface area contributed by atoms with E-state index in [4.69, 9.17) is 16.3 Å². The molecule has 38 heavy (non-hydrogen) atoms. The molecule has 0 saturated carbocycles. The molecular weight excluding hydrogens is 502 g/mol. The van der Waals surface area contributed by atoms with Crippen molar-refractivity contribution in [2.24, 2.45) is 0 Å². The normalized spacial score (nSPS) is 11.7. The molecule has 1 atom stereocenters. The number of carbonyl (C=O) groups excluding carboxylic acids is 1. The minimum atomic E-state index is -0.744. The van der Waals surface area contributed by atoms with Crippen LogP contribution in [0, 0.1) is 0 Å². The lowest BCUT2D eigenvalue weighted by Gasteiger charge is -2.20. The number of H-pyrrole nitrogens is 1. The number of halogens is 1. The van der Waals surface area contributed by atoms with Crippen molar-refractivity contribution < 1.29 is 9.53 Å². The number of methoxy groups -OCH3 is 1. The van der Waals surface area contributed by atoms with Crippen molar-refractivity contribution in [3.63, 3.8) is 0 Å². The third-order valence-corrected chi connectivity index (χ3v) is 6.57. The number of hydrogen-bond donors (Lipinski definition) is 2. The van der Waals surface area contributed by atoms with E-state index in [1.54, 1.807) is 43.8 Å². The summed E-state index contributed by atoms with van der Waals surface area (Å²) in [6.45, 7) is 0.334. The topological polar surface area (TPSA) is 93.2 Å². The van der Waals surface area contributed by atoms with Gasteiger partial charge in [0.05, 0.1) is 25.2 Å². The first kappa shape index (κ1) is 25.0. The van der Waals surface area contributed by atoms with Gasteiger partial charge in [0.25, 0.3) is 11.5 Å². The smallest absolute Gasteiger partial charge is 0.252 e. The van der Waals surface area contributed by atoms with Crippen molar-refractivity contribution in [2.75, 3.05) is 7.11 Å². The number of pyridine rings is 2. The largest absolute Gasteiger partial charge is 0.497 e. The number of nitrogens with one attached hydrogen (secondary N) is 2. The van der Waals surface area contributed by atoms with Crippen LogP contribution in [0.3, 0.4) is 0 Å². The van der Waals surface area contributed by atoms with Crippen LogP contribution in [-0.2, 0) is 6.54 Å². The van der Waals surface area contributed by atoms with E-state index in [2.05, 4.69) is 10.3 Å². The minimum Gasteiger partial charge on any atom is -0.497 e. The summed E-state index contributed by atoms with van der Waals surface area (Å²) in [7, 11) is 1.59. The van der Waals surface area contributed by atoms with E-state index in [-0.39, 0.29) is 16.6 Å². The molecule has 190 valence electrons. The highest BCUT2D eigenvalue weighted by molar-refractivity contribution is 6.31. The Balaban J connectivity index is 1.45. The van der Waals surface area contributed by atoms with Gasteiger partial charge in [-0.05, 0) is 47.5 Å². The predicted octanol–water partition coefficient (Wildman–Crippen LogP) is 4.92. The van der Waals surface area contributed by atoms with Gasteiger partial charge in [0, 0.05) is 40.0 Å². The summed E-state index contributed by atoms with van der Waals surface area (Å²) in [5.41, 5.74) is 2.24. The Morgan fingerprint density at radius 1 is 1.00 bits per heavy atom. The van der Waals surface area contributed by atoms with Gasteiger partial charge in [0.1, 0.15) is 5.75 Å². The summed E-state index contributed by atoms with van der Waals surface area (Å²) in [5, 5.41) is 3.91. The molecule has 0 fully saturated rings. The van der Waals surface area contributed by atoms with Crippen molar-refractivity contribution >= 4 is 28.4 Å². The van der Waals surface area contributed by atoms with Gasteiger partial charge in [-0.1, -0.05) is 54.1 Å². The second-order valence-electron chi connectivity index (χ2n) is 8.81. The molecule has 0 radical (unpaired) electrons. The number of rotatable bonds is 7. The summed E-state index contributed by atoms with van der Waals surface area (Å²) in [4.78, 5) is 42.7. The molecule has 0 saturated heterocycles. The highest BCUT2D eigenvalue weighted by Gasteiger charge is 2.22. The van der Waals surface area contributed by atoms with Crippen LogP contribution in [0.2, 0.25) is 5.02 Å². The Labute approximate surface area is 223 Å².